The minimum Gasteiger partial charge on any atom is -0.493 e. The maximum Gasteiger partial charge on any atom is 0.203 e. The number of benzene rings is 1. The molecule has 1 atom stereocenters. The van der Waals surface area contributed by atoms with E-state index in [1.54, 1.807) is 28.4 Å². The molecule has 0 saturated carbocycles. The molecule has 6 nitrogen and oxygen atoms in total. The van der Waals surface area contributed by atoms with Gasteiger partial charge in [-0.25, -0.2) is 0 Å². The molecule has 0 bridgehead atoms. The van der Waals surface area contributed by atoms with Gasteiger partial charge in [0.05, 0.1) is 21.3 Å². The Morgan fingerprint density at radius 2 is 1.70 bits per heavy atom. The van der Waals surface area contributed by atoms with Gasteiger partial charge in [0.25, 0.3) is 0 Å². The molecule has 1 rings (SSSR count). The number of aliphatic imine (C=N–C) groups is 1. The van der Waals surface area contributed by atoms with Crippen LogP contribution in [0.1, 0.15) is 45.6 Å². The fraction of sp³-hybridized carbons (Fsp3) is 0.667. The molecule has 1 aromatic rings. The summed E-state index contributed by atoms with van der Waals surface area (Å²) >= 11 is 0. The first-order valence-corrected chi connectivity index (χ1v) is 9.71. The number of hydrogen-bond acceptors (Lipinski definition) is 4. The van der Waals surface area contributed by atoms with Crippen LogP contribution in [0.2, 0.25) is 0 Å². The fourth-order valence-corrected chi connectivity index (χ4v) is 3.01. The molecule has 154 valence electrons. The van der Waals surface area contributed by atoms with Gasteiger partial charge in [-0.05, 0) is 31.7 Å². The highest BCUT2D eigenvalue weighted by molar-refractivity contribution is 5.79. The lowest BCUT2D eigenvalue weighted by Crippen LogP contribution is -2.42. The molecule has 1 unspecified atom stereocenters. The van der Waals surface area contributed by atoms with Gasteiger partial charge in [-0.2, -0.15) is 0 Å². The average molecular weight is 380 g/mol. The van der Waals surface area contributed by atoms with Gasteiger partial charge in [-0.15, -0.1) is 0 Å². The Morgan fingerprint density at radius 1 is 1.00 bits per heavy atom. The van der Waals surface area contributed by atoms with Crippen molar-refractivity contribution in [2.75, 3.05) is 34.9 Å². The number of ether oxygens (including phenoxy) is 3. The van der Waals surface area contributed by atoms with E-state index in [0.717, 1.165) is 36.8 Å². The molecule has 0 aliphatic heterocycles. The fourth-order valence-electron chi connectivity index (χ4n) is 3.01. The molecule has 0 amide bonds. The Balaban J connectivity index is 2.58. The Kier molecular flexibility index (Phi) is 10.5. The van der Waals surface area contributed by atoms with Crippen molar-refractivity contribution in [3.8, 4) is 17.2 Å². The highest BCUT2D eigenvalue weighted by atomic mass is 16.5. The molecule has 2 N–H and O–H groups in total. The Bertz CT molecular complexity index is 588. The zero-order chi connectivity index (χ0) is 20.2. The maximum absolute atomic E-state index is 5.54. The highest BCUT2D eigenvalue weighted by Gasteiger charge is 2.15. The summed E-state index contributed by atoms with van der Waals surface area (Å²) in [5.74, 6) is 3.58. The number of guanidine groups is 1. The third-order valence-corrected chi connectivity index (χ3v) is 4.50. The summed E-state index contributed by atoms with van der Waals surface area (Å²) < 4.78 is 16.3. The van der Waals surface area contributed by atoms with Crippen LogP contribution in [0.25, 0.3) is 0 Å². The summed E-state index contributed by atoms with van der Waals surface area (Å²) in [5.41, 5.74) is 1.06. The molecule has 0 fully saturated rings. The zero-order valence-electron chi connectivity index (χ0n) is 18.0. The monoisotopic (exact) mass is 379 g/mol. The molecule has 0 saturated heterocycles. The van der Waals surface area contributed by atoms with E-state index in [1.807, 2.05) is 12.1 Å². The molecule has 0 spiro atoms. The average Bonchev–Trinajstić information content (AvgIpc) is 2.65. The summed E-state index contributed by atoms with van der Waals surface area (Å²) in [6, 6.07) is 4.30. The first kappa shape index (κ1) is 22.9. The van der Waals surface area contributed by atoms with Crippen LogP contribution in [0.15, 0.2) is 17.1 Å². The number of hydrogen-bond donors (Lipinski definition) is 2. The Labute approximate surface area is 164 Å². The molecule has 0 aliphatic carbocycles. The van der Waals surface area contributed by atoms with Gasteiger partial charge in [-0.3, -0.25) is 4.99 Å². The van der Waals surface area contributed by atoms with Crippen LogP contribution in [0.5, 0.6) is 17.2 Å². The summed E-state index contributed by atoms with van der Waals surface area (Å²) in [6.45, 7) is 7.47. The lowest BCUT2D eigenvalue weighted by Gasteiger charge is -2.19. The topological polar surface area (TPSA) is 64.1 Å². The van der Waals surface area contributed by atoms with Crippen molar-refractivity contribution in [1.82, 2.24) is 10.6 Å². The first-order valence-electron chi connectivity index (χ1n) is 9.71. The summed E-state index contributed by atoms with van der Waals surface area (Å²) in [6.07, 6.45) is 4.41. The second kappa shape index (κ2) is 12.3. The molecule has 0 aromatic heterocycles. The quantitative estimate of drug-likeness (QED) is 0.454. The SMILES string of the molecule is CN=C(NCCc1ccc(OC)c(OC)c1OC)NC(C)CCCC(C)C. The van der Waals surface area contributed by atoms with Crippen molar-refractivity contribution in [2.24, 2.45) is 10.9 Å². The van der Waals surface area contributed by atoms with Crippen molar-refractivity contribution in [3.63, 3.8) is 0 Å². The van der Waals surface area contributed by atoms with Crippen molar-refractivity contribution >= 4 is 5.96 Å². The van der Waals surface area contributed by atoms with E-state index in [2.05, 4.69) is 36.4 Å². The van der Waals surface area contributed by atoms with E-state index in [1.165, 1.54) is 12.8 Å². The molecule has 1 aromatic carbocycles. The first-order chi connectivity index (χ1) is 13.0. The van der Waals surface area contributed by atoms with Crippen molar-refractivity contribution < 1.29 is 14.2 Å². The Hall–Kier alpha value is -2.11. The van der Waals surface area contributed by atoms with Crippen molar-refractivity contribution in [2.45, 2.75) is 52.5 Å². The summed E-state index contributed by atoms with van der Waals surface area (Å²) in [4.78, 5) is 4.32. The molecule has 6 heteroatoms. The van der Waals surface area contributed by atoms with Crippen LogP contribution in [-0.2, 0) is 6.42 Å². The second-order valence-electron chi connectivity index (χ2n) is 7.11. The van der Waals surface area contributed by atoms with Crippen molar-refractivity contribution in [3.05, 3.63) is 17.7 Å². The third kappa shape index (κ3) is 7.57. The van der Waals surface area contributed by atoms with Crippen LogP contribution in [0.3, 0.4) is 0 Å². The van der Waals surface area contributed by atoms with Crippen LogP contribution >= 0.6 is 0 Å². The lowest BCUT2D eigenvalue weighted by molar-refractivity contribution is 0.322. The number of methoxy groups -OCH3 is 3. The number of rotatable bonds is 11. The van der Waals surface area contributed by atoms with Gasteiger partial charge in [0.2, 0.25) is 5.75 Å². The third-order valence-electron chi connectivity index (χ3n) is 4.50. The highest BCUT2D eigenvalue weighted by Crippen LogP contribution is 2.39. The van der Waals surface area contributed by atoms with Gasteiger partial charge >= 0.3 is 0 Å². The minimum absolute atomic E-state index is 0.394. The smallest absolute Gasteiger partial charge is 0.203 e. The van der Waals surface area contributed by atoms with Crippen LogP contribution < -0.4 is 24.8 Å². The van der Waals surface area contributed by atoms with Crippen LogP contribution in [0, 0.1) is 5.92 Å². The van der Waals surface area contributed by atoms with Crippen molar-refractivity contribution in [1.29, 1.82) is 0 Å². The van der Waals surface area contributed by atoms with Gasteiger partial charge in [-0.1, -0.05) is 32.8 Å². The molecule has 27 heavy (non-hydrogen) atoms. The maximum atomic E-state index is 5.54. The molecule has 0 heterocycles. The molecule has 0 aliphatic rings. The van der Waals surface area contributed by atoms with E-state index < -0.39 is 0 Å². The normalized spacial score (nSPS) is 12.7. The van der Waals surface area contributed by atoms with E-state index in [0.29, 0.717) is 23.3 Å². The Morgan fingerprint density at radius 3 is 2.26 bits per heavy atom. The van der Waals surface area contributed by atoms with E-state index in [9.17, 15) is 0 Å². The predicted molar refractivity (Wildman–Crippen MR) is 112 cm³/mol. The predicted octanol–water partition coefficient (Wildman–Crippen LogP) is 3.63. The van der Waals surface area contributed by atoms with Gasteiger partial charge < -0.3 is 24.8 Å². The zero-order valence-corrected chi connectivity index (χ0v) is 18.0. The summed E-state index contributed by atoms with van der Waals surface area (Å²) in [7, 11) is 6.69. The second-order valence-corrected chi connectivity index (χ2v) is 7.11. The molecule has 0 radical (unpaired) electrons. The largest absolute Gasteiger partial charge is 0.493 e. The molecular formula is C21H37N3O3. The van der Waals surface area contributed by atoms with Gasteiger partial charge in [0.15, 0.2) is 17.5 Å². The van der Waals surface area contributed by atoms with E-state index in [-0.39, 0.29) is 0 Å². The number of nitrogens with one attached hydrogen (secondary N) is 2. The number of nitrogens with zero attached hydrogens (tertiary/aromatic N) is 1. The summed E-state index contributed by atoms with van der Waals surface area (Å²) in [5, 5.41) is 6.84. The van der Waals surface area contributed by atoms with Gasteiger partial charge in [0.1, 0.15) is 0 Å². The van der Waals surface area contributed by atoms with Gasteiger partial charge in [0, 0.05) is 25.2 Å². The van der Waals surface area contributed by atoms with Crippen LogP contribution in [0.4, 0.5) is 0 Å². The minimum atomic E-state index is 0.394. The van der Waals surface area contributed by atoms with E-state index in [4.69, 9.17) is 14.2 Å². The molecular weight excluding hydrogens is 342 g/mol. The van der Waals surface area contributed by atoms with Crippen LogP contribution in [-0.4, -0.2) is 46.9 Å². The standard InChI is InChI=1S/C21H37N3O3/c1-15(2)9-8-10-16(3)24-21(22-4)23-14-13-17-11-12-18(25-5)20(27-7)19(17)26-6/h11-12,15-16H,8-10,13-14H2,1-7H3,(H2,22,23,24). The lowest BCUT2D eigenvalue weighted by atomic mass is 10.0. The van der Waals surface area contributed by atoms with E-state index >= 15 is 0 Å².